The van der Waals surface area contributed by atoms with E-state index in [0.29, 0.717) is 0 Å². The van der Waals surface area contributed by atoms with Crippen LogP contribution >= 0.6 is 15.9 Å². The molecule has 0 saturated heterocycles. The van der Waals surface area contributed by atoms with Crippen molar-refractivity contribution in [3.05, 3.63) is 33.8 Å². The monoisotopic (exact) mass is 253 g/mol. The molecule has 0 fully saturated rings. The van der Waals surface area contributed by atoms with E-state index in [9.17, 15) is 4.79 Å². The number of aryl methyl sites for hydroxylation is 1. The molecule has 3 heteroatoms. The Morgan fingerprint density at radius 1 is 1.50 bits per heavy atom. The molecule has 0 aliphatic carbocycles. The minimum atomic E-state index is 0.0532. The molecular weight excluding hydrogens is 242 g/mol. The van der Waals surface area contributed by atoms with Crippen molar-refractivity contribution in [1.82, 2.24) is 5.32 Å². The van der Waals surface area contributed by atoms with Crippen LogP contribution < -0.4 is 5.32 Å². The first kappa shape index (κ1) is 9.71. The van der Waals surface area contributed by atoms with Gasteiger partial charge in [-0.05, 0) is 43.5 Å². The van der Waals surface area contributed by atoms with Gasteiger partial charge in [0, 0.05) is 16.1 Å². The summed E-state index contributed by atoms with van der Waals surface area (Å²) < 4.78 is 1.04. The fraction of sp³-hybridized carbons (Fsp3) is 0.364. The van der Waals surface area contributed by atoms with Gasteiger partial charge in [-0.15, -0.1) is 0 Å². The summed E-state index contributed by atoms with van der Waals surface area (Å²) in [5, 5.41) is 2.96. The molecule has 0 saturated carbocycles. The third-order valence-corrected chi connectivity index (χ3v) is 3.03. The van der Waals surface area contributed by atoms with E-state index < -0.39 is 0 Å². The molecule has 1 aliphatic rings. The Morgan fingerprint density at radius 2 is 2.29 bits per heavy atom. The van der Waals surface area contributed by atoms with Gasteiger partial charge in [-0.25, -0.2) is 0 Å². The lowest BCUT2D eigenvalue weighted by Gasteiger charge is -2.07. The highest BCUT2D eigenvalue weighted by Gasteiger charge is 2.18. The molecule has 1 aliphatic heterocycles. The van der Waals surface area contributed by atoms with Crippen molar-refractivity contribution in [2.24, 2.45) is 0 Å². The number of carbonyl (C=O) groups is 1. The van der Waals surface area contributed by atoms with Gasteiger partial charge in [0.2, 0.25) is 0 Å². The summed E-state index contributed by atoms with van der Waals surface area (Å²) in [6.07, 6.45) is 1.98. The van der Waals surface area contributed by atoms with Crippen LogP contribution in [-0.2, 0) is 6.42 Å². The number of benzene rings is 1. The maximum Gasteiger partial charge on any atom is 0.251 e. The van der Waals surface area contributed by atoms with Crippen LogP contribution in [0, 0.1) is 0 Å². The van der Waals surface area contributed by atoms with Crippen LogP contribution in [0.5, 0.6) is 0 Å². The van der Waals surface area contributed by atoms with Gasteiger partial charge < -0.3 is 5.32 Å². The average molecular weight is 254 g/mol. The average Bonchev–Trinajstić information content (AvgIpc) is 2.26. The van der Waals surface area contributed by atoms with Crippen molar-refractivity contribution in [3.63, 3.8) is 0 Å². The first-order valence-corrected chi connectivity index (χ1v) is 5.55. The number of nitrogens with one attached hydrogen (secondary N) is 1. The van der Waals surface area contributed by atoms with Crippen molar-refractivity contribution in [2.75, 3.05) is 0 Å². The predicted molar refractivity (Wildman–Crippen MR) is 59.4 cm³/mol. The molecule has 74 valence electrons. The second-order valence-electron chi connectivity index (χ2n) is 3.71. The summed E-state index contributed by atoms with van der Waals surface area (Å²) in [6, 6.07) is 6.10. The molecule has 1 heterocycles. The van der Waals surface area contributed by atoms with Crippen molar-refractivity contribution in [3.8, 4) is 0 Å². The van der Waals surface area contributed by atoms with Crippen LogP contribution in [-0.4, -0.2) is 11.9 Å². The van der Waals surface area contributed by atoms with Crippen molar-refractivity contribution in [2.45, 2.75) is 25.8 Å². The van der Waals surface area contributed by atoms with Gasteiger partial charge in [-0.2, -0.15) is 0 Å². The molecular formula is C11H12BrNO. The largest absolute Gasteiger partial charge is 0.350 e. The second kappa shape index (κ2) is 3.73. The number of amides is 1. The van der Waals surface area contributed by atoms with E-state index in [1.807, 2.05) is 25.1 Å². The van der Waals surface area contributed by atoms with E-state index in [4.69, 9.17) is 0 Å². The summed E-state index contributed by atoms with van der Waals surface area (Å²) >= 11 is 3.42. The number of hydrogen-bond acceptors (Lipinski definition) is 1. The zero-order valence-electron chi connectivity index (χ0n) is 8.01. The first-order chi connectivity index (χ1) is 6.66. The van der Waals surface area contributed by atoms with E-state index in [1.165, 1.54) is 0 Å². The molecule has 2 nitrogen and oxygen atoms in total. The summed E-state index contributed by atoms with van der Waals surface area (Å²) in [5.74, 6) is 0.0532. The van der Waals surface area contributed by atoms with Crippen LogP contribution in [0.2, 0.25) is 0 Å². The minimum absolute atomic E-state index is 0.0532. The lowest BCUT2D eigenvalue weighted by Crippen LogP contribution is -2.30. The lowest BCUT2D eigenvalue weighted by atomic mass is 10.0. The molecule has 1 atom stereocenters. The lowest BCUT2D eigenvalue weighted by molar-refractivity contribution is 0.0942. The molecule has 0 radical (unpaired) electrons. The Morgan fingerprint density at radius 3 is 3.07 bits per heavy atom. The molecule has 1 N–H and O–H groups in total. The number of hydrogen-bond donors (Lipinski definition) is 1. The Bertz CT molecular complexity index is 376. The second-order valence-corrected chi connectivity index (χ2v) is 4.63. The van der Waals surface area contributed by atoms with Gasteiger partial charge in [0.15, 0.2) is 0 Å². The number of carbonyl (C=O) groups excluding carboxylic acids is 1. The fourth-order valence-corrected chi connectivity index (χ4v) is 2.14. The molecule has 2 rings (SSSR count). The third kappa shape index (κ3) is 1.82. The van der Waals surface area contributed by atoms with Gasteiger partial charge in [-0.3, -0.25) is 4.79 Å². The first-order valence-electron chi connectivity index (χ1n) is 4.76. The normalized spacial score (nSPS) is 21.0. The number of fused-ring (bicyclic) bond motifs is 1. The van der Waals surface area contributed by atoms with Crippen molar-refractivity contribution < 1.29 is 4.79 Å². The van der Waals surface area contributed by atoms with Gasteiger partial charge in [0.1, 0.15) is 0 Å². The number of halogens is 1. The highest BCUT2D eigenvalue weighted by atomic mass is 79.9. The molecule has 1 unspecified atom stereocenters. The predicted octanol–water partition coefficient (Wildman–Crippen LogP) is 2.51. The fourth-order valence-electron chi connectivity index (χ4n) is 1.74. The zero-order valence-corrected chi connectivity index (χ0v) is 9.60. The summed E-state index contributed by atoms with van der Waals surface area (Å²) in [7, 11) is 0. The summed E-state index contributed by atoms with van der Waals surface area (Å²) in [6.45, 7) is 2.04. The molecule has 1 aromatic rings. The molecule has 0 spiro atoms. The van der Waals surface area contributed by atoms with E-state index in [0.717, 1.165) is 28.4 Å². The van der Waals surface area contributed by atoms with Gasteiger partial charge in [0.25, 0.3) is 5.91 Å². The van der Waals surface area contributed by atoms with Crippen LogP contribution in [0.1, 0.15) is 29.3 Å². The highest BCUT2D eigenvalue weighted by molar-refractivity contribution is 9.10. The molecule has 14 heavy (non-hydrogen) atoms. The van der Waals surface area contributed by atoms with Gasteiger partial charge in [-0.1, -0.05) is 15.9 Å². The molecule has 1 aromatic carbocycles. The van der Waals surface area contributed by atoms with Gasteiger partial charge in [0.05, 0.1) is 0 Å². The molecule has 0 bridgehead atoms. The van der Waals surface area contributed by atoms with E-state index in [-0.39, 0.29) is 11.9 Å². The smallest absolute Gasteiger partial charge is 0.251 e. The number of rotatable bonds is 0. The highest BCUT2D eigenvalue weighted by Crippen LogP contribution is 2.21. The topological polar surface area (TPSA) is 29.1 Å². The van der Waals surface area contributed by atoms with E-state index >= 15 is 0 Å². The summed E-state index contributed by atoms with van der Waals surface area (Å²) in [4.78, 5) is 11.7. The zero-order chi connectivity index (χ0) is 10.1. The van der Waals surface area contributed by atoms with Crippen molar-refractivity contribution >= 4 is 21.8 Å². The Labute approximate surface area is 91.8 Å². The maximum absolute atomic E-state index is 11.7. The van der Waals surface area contributed by atoms with Gasteiger partial charge >= 0.3 is 0 Å². The molecule has 0 aromatic heterocycles. The quantitative estimate of drug-likeness (QED) is 0.757. The van der Waals surface area contributed by atoms with E-state index in [1.54, 1.807) is 0 Å². The van der Waals surface area contributed by atoms with Crippen LogP contribution in [0.15, 0.2) is 22.7 Å². The van der Waals surface area contributed by atoms with Crippen LogP contribution in [0.25, 0.3) is 0 Å². The Hall–Kier alpha value is -0.830. The standard InChI is InChI=1S/C11H12BrNO/c1-7-2-3-8-6-9(12)4-5-10(8)11(14)13-7/h4-7H,2-3H2,1H3,(H,13,14). The Kier molecular flexibility index (Phi) is 2.59. The third-order valence-electron chi connectivity index (χ3n) is 2.54. The van der Waals surface area contributed by atoms with E-state index in [2.05, 4.69) is 21.2 Å². The Balaban J connectivity index is 2.43. The van der Waals surface area contributed by atoms with Crippen LogP contribution in [0.4, 0.5) is 0 Å². The maximum atomic E-state index is 11.7. The van der Waals surface area contributed by atoms with Crippen molar-refractivity contribution in [1.29, 1.82) is 0 Å². The summed E-state index contributed by atoms with van der Waals surface area (Å²) in [5.41, 5.74) is 1.96. The molecule has 1 amide bonds. The van der Waals surface area contributed by atoms with Crippen LogP contribution in [0.3, 0.4) is 0 Å². The SMILES string of the molecule is CC1CCc2cc(Br)ccc2C(=O)N1. The minimum Gasteiger partial charge on any atom is -0.350 e.